The van der Waals surface area contributed by atoms with Crippen LogP contribution in [0.4, 0.5) is 0 Å². The lowest BCUT2D eigenvalue weighted by molar-refractivity contribution is -0.143. The van der Waals surface area contributed by atoms with Crippen LogP contribution >= 0.6 is 0 Å². The van der Waals surface area contributed by atoms with Gasteiger partial charge in [-0.25, -0.2) is 0 Å². The zero-order chi connectivity index (χ0) is 40.1. The molecule has 0 saturated carbocycles. The number of allylic oxidation sites excluding steroid dienone is 3. The minimum atomic E-state index is -0.874. The van der Waals surface area contributed by atoms with Crippen molar-refractivity contribution in [1.82, 2.24) is 5.32 Å². The number of rotatable bonds is 44. The zero-order valence-electron chi connectivity index (χ0n) is 36.7. The van der Waals surface area contributed by atoms with Crippen molar-refractivity contribution in [3.63, 3.8) is 0 Å². The number of amides is 1. The average molecular weight is 776 g/mol. The molecule has 0 aromatic heterocycles. The van der Waals surface area contributed by atoms with Gasteiger partial charge < -0.3 is 20.3 Å². The van der Waals surface area contributed by atoms with Gasteiger partial charge in [-0.1, -0.05) is 212 Å². The number of carbonyl (C=O) groups excluding carboxylic acids is 2. The first-order valence-electron chi connectivity index (χ1n) is 24.1. The van der Waals surface area contributed by atoms with E-state index in [-0.39, 0.29) is 18.5 Å². The molecular formula is C49H93NO5. The van der Waals surface area contributed by atoms with Gasteiger partial charge in [0, 0.05) is 12.8 Å². The van der Waals surface area contributed by atoms with Crippen LogP contribution in [0.1, 0.15) is 251 Å². The monoisotopic (exact) mass is 776 g/mol. The Hall–Kier alpha value is -1.66. The van der Waals surface area contributed by atoms with Crippen LogP contribution in [-0.4, -0.2) is 47.4 Å². The van der Waals surface area contributed by atoms with Gasteiger partial charge in [-0.2, -0.15) is 0 Å². The highest BCUT2D eigenvalue weighted by atomic mass is 16.5. The molecule has 0 radical (unpaired) electrons. The van der Waals surface area contributed by atoms with Crippen molar-refractivity contribution in [2.24, 2.45) is 0 Å². The van der Waals surface area contributed by atoms with E-state index in [0.717, 1.165) is 70.6 Å². The third-order valence-electron chi connectivity index (χ3n) is 11.0. The van der Waals surface area contributed by atoms with Gasteiger partial charge in [0.15, 0.2) is 0 Å². The Kier molecular flexibility index (Phi) is 43.7. The van der Waals surface area contributed by atoms with Gasteiger partial charge in [0.2, 0.25) is 5.91 Å². The first-order chi connectivity index (χ1) is 27.0. The van der Waals surface area contributed by atoms with Crippen LogP contribution in [0.15, 0.2) is 24.3 Å². The molecule has 1 amide bonds. The molecule has 0 heterocycles. The SMILES string of the molecule is CCCCCCCCCCCCCCCCCC/C=C/C(O)C(CO)NC(=O)CCC/C=C\CCCCCCOC(=O)CCCCCCCCCCCCC. The molecule has 0 aliphatic rings. The Morgan fingerprint density at radius 1 is 0.491 bits per heavy atom. The minimum Gasteiger partial charge on any atom is -0.466 e. The number of unbranched alkanes of at least 4 members (excludes halogenated alkanes) is 31. The Morgan fingerprint density at radius 3 is 1.33 bits per heavy atom. The van der Waals surface area contributed by atoms with Crippen molar-refractivity contribution >= 4 is 11.9 Å². The Morgan fingerprint density at radius 2 is 0.873 bits per heavy atom. The van der Waals surface area contributed by atoms with E-state index in [1.54, 1.807) is 6.08 Å². The molecule has 0 aromatic carbocycles. The number of hydrogen-bond acceptors (Lipinski definition) is 5. The van der Waals surface area contributed by atoms with Crippen molar-refractivity contribution in [3.8, 4) is 0 Å². The average Bonchev–Trinajstić information content (AvgIpc) is 3.18. The standard InChI is InChI=1S/C49H93NO5/c1-3-5-7-9-11-13-15-16-17-18-19-20-21-23-25-29-33-37-41-47(52)46(45-51)50-48(53)42-38-34-30-26-24-28-32-36-40-44-55-49(54)43-39-35-31-27-22-14-12-10-8-6-4-2/h26,30,37,41,46-47,51-52H,3-25,27-29,31-36,38-40,42-45H2,1-2H3,(H,50,53)/b30-26-,41-37+. The van der Waals surface area contributed by atoms with E-state index in [2.05, 4.69) is 31.3 Å². The summed E-state index contributed by atoms with van der Waals surface area (Å²) >= 11 is 0. The van der Waals surface area contributed by atoms with Crippen molar-refractivity contribution in [2.45, 2.75) is 264 Å². The van der Waals surface area contributed by atoms with Gasteiger partial charge in [0.05, 0.1) is 25.4 Å². The molecule has 0 spiro atoms. The predicted molar refractivity (Wildman–Crippen MR) is 236 cm³/mol. The lowest BCUT2D eigenvalue weighted by Gasteiger charge is -2.19. The normalized spacial score (nSPS) is 12.9. The summed E-state index contributed by atoms with van der Waals surface area (Å²) in [5.74, 6) is -0.166. The van der Waals surface area contributed by atoms with Crippen LogP contribution in [-0.2, 0) is 14.3 Å². The summed E-state index contributed by atoms with van der Waals surface area (Å²) in [4.78, 5) is 24.4. The van der Waals surface area contributed by atoms with E-state index in [1.807, 2.05) is 6.08 Å². The Labute approximate surface area is 341 Å². The molecule has 0 aliphatic carbocycles. The van der Waals surface area contributed by atoms with Crippen LogP contribution in [0.2, 0.25) is 0 Å². The second-order valence-electron chi connectivity index (χ2n) is 16.4. The molecule has 0 aromatic rings. The molecule has 324 valence electrons. The molecule has 2 unspecified atom stereocenters. The summed E-state index contributed by atoms with van der Waals surface area (Å²) in [5, 5.41) is 23.0. The van der Waals surface area contributed by atoms with Crippen LogP contribution < -0.4 is 5.32 Å². The molecule has 6 heteroatoms. The topological polar surface area (TPSA) is 95.9 Å². The molecule has 0 bridgehead atoms. The number of aliphatic hydroxyl groups excluding tert-OH is 2. The summed E-state index contributed by atoms with van der Waals surface area (Å²) in [6.07, 6.45) is 51.8. The summed E-state index contributed by atoms with van der Waals surface area (Å²) in [6, 6.07) is -0.664. The third-order valence-corrected chi connectivity index (χ3v) is 11.0. The Balaban J connectivity index is 3.60. The van der Waals surface area contributed by atoms with Crippen LogP contribution in [0.25, 0.3) is 0 Å². The largest absolute Gasteiger partial charge is 0.466 e. The second kappa shape index (κ2) is 45.0. The zero-order valence-corrected chi connectivity index (χ0v) is 36.7. The molecule has 0 rings (SSSR count). The van der Waals surface area contributed by atoms with Gasteiger partial charge in [0.1, 0.15) is 0 Å². The predicted octanol–water partition coefficient (Wildman–Crippen LogP) is 14.0. The third kappa shape index (κ3) is 41.8. The molecule has 3 N–H and O–H groups in total. The van der Waals surface area contributed by atoms with Crippen LogP contribution in [0, 0.1) is 0 Å². The van der Waals surface area contributed by atoms with E-state index in [4.69, 9.17) is 4.74 Å². The number of nitrogens with one attached hydrogen (secondary N) is 1. The van der Waals surface area contributed by atoms with Crippen LogP contribution in [0.5, 0.6) is 0 Å². The van der Waals surface area contributed by atoms with E-state index < -0.39 is 12.1 Å². The fraction of sp³-hybridized carbons (Fsp3) is 0.878. The molecule has 0 saturated heterocycles. The van der Waals surface area contributed by atoms with Crippen molar-refractivity contribution in [2.75, 3.05) is 13.2 Å². The highest BCUT2D eigenvalue weighted by Crippen LogP contribution is 2.15. The maximum atomic E-state index is 12.4. The van der Waals surface area contributed by atoms with E-state index >= 15 is 0 Å². The Bertz CT molecular complexity index is 858. The van der Waals surface area contributed by atoms with E-state index in [0.29, 0.717) is 19.4 Å². The number of hydrogen-bond donors (Lipinski definition) is 3. The summed E-state index contributed by atoms with van der Waals surface area (Å²) in [6.45, 7) is 4.80. The molecule has 0 fully saturated rings. The lowest BCUT2D eigenvalue weighted by Crippen LogP contribution is -2.45. The molecule has 2 atom stereocenters. The van der Waals surface area contributed by atoms with Gasteiger partial charge in [-0.15, -0.1) is 0 Å². The smallest absolute Gasteiger partial charge is 0.305 e. The number of aliphatic hydroxyl groups is 2. The van der Waals surface area contributed by atoms with Gasteiger partial charge in [0.25, 0.3) is 0 Å². The van der Waals surface area contributed by atoms with Crippen molar-refractivity contribution in [1.29, 1.82) is 0 Å². The van der Waals surface area contributed by atoms with Crippen molar-refractivity contribution in [3.05, 3.63) is 24.3 Å². The number of esters is 1. The van der Waals surface area contributed by atoms with Crippen LogP contribution in [0.3, 0.4) is 0 Å². The summed E-state index contributed by atoms with van der Waals surface area (Å²) < 4.78 is 5.41. The van der Waals surface area contributed by atoms with E-state index in [9.17, 15) is 19.8 Å². The second-order valence-corrected chi connectivity index (χ2v) is 16.4. The van der Waals surface area contributed by atoms with Gasteiger partial charge in [-0.05, 0) is 51.4 Å². The highest BCUT2D eigenvalue weighted by molar-refractivity contribution is 5.76. The molecular weight excluding hydrogens is 683 g/mol. The minimum absolute atomic E-state index is 0.0386. The molecule has 55 heavy (non-hydrogen) atoms. The maximum Gasteiger partial charge on any atom is 0.305 e. The summed E-state index contributed by atoms with van der Waals surface area (Å²) in [7, 11) is 0. The molecule has 0 aliphatic heterocycles. The molecule has 6 nitrogen and oxygen atoms in total. The fourth-order valence-corrected chi connectivity index (χ4v) is 7.22. The maximum absolute atomic E-state index is 12.4. The first-order valence-corrected chi connectivity index (χ1v) is 24.1. The van der Waals surface area contributed by atoms with E-state index in [1.165, 1.54) is 154 Å². The number of ether oxygens (including phenoxy) is 1. The number of carbonyl (C=O) groups is 2. The first kappa shape index (κ1) is 53.3. The van der Waals surface area contributed by atoms with Crippen molar-refractivity contribution < 1.29 is 24.5 Å². The summed E-state index contributed by atoms with van der Waals surface area (Å²) in [5.41, 5.74) is 0. The lowest BCUT2D eigenvalue weighted by atomic mass is 10.0. The van der Waals surface area contributed by atoms with Gasteiger partial charge in [-0.3, -0.25) is 9.59 Å². The quantitative estimate of drug-likeness (QED) is 0.0325. The fourth-order valence-electron chi connectivity index (χ4n) is 7.22. The van der Waals surface area contributed by atoms with Gasteiger partial charge >= 0.3 is 5.97 Å². The highest BCUT2D eigenvalue weighted by Gasteiger charge is 2.17.